The zero-order valence-corrected chi connectivity index (χ0v) is 15.3. The van der Waals surface area contributed by atoms with E-state index in [-0.39, 0.29) is 5.91 Å². The fourth-order valence-electron chi connectivity index (χ4n) is 2.90. The van der Waals surface area contributed by atoms with Gasteiger partial charge in [0.2, 0.25) is 5.95 Å². The molecular weight excluding hydrogens is 330 g/mol. The maximum Gasteiger partial charge on any atom is 0.251 e. The third-order valence-corrected chi connectivity index (χ3v) is 4.18. The van der Waals surface area contributed by atoms with Gasteiger partial charge in [-0.25, -0.2) is 9.97 Å². The summed E-state index contributed by atoms with van der Waals surface area (Å²) in [6, 6.07) is 9.28. The van der Waals surface area contributed by atoms with Gasteiger partial charge in [0.25, 0.3) is 5.91 Å². The molecule has 2 aromatic rings. The number of aromatic nitrogens is 2. The molecule has 3 rings (SSSR count). The standard InChI is InChI=1S/C19H25N5O2/c1-14-12-15(2)22-19(21-14)23-17-5-3-4-16(13-17)18(25)20-6-7-24-8-10-26-11-9-24/h3-5,12-13H,6-11H2,1-2H3,(H,20,25)(H,21,22,23). The molecule has 1 aliphatic heterocycles. The van der Waals surface area contributed by atoms with E-state index in [1.807, 2.05) is 38.1 Å². The summed E-state index contributed by atoms with van der Waals surface area (Å²) in [4.78, 5) is 23.4. The van der Waals surface area contributed by atoms with Crippen molar-refractivity contribution in [1.82, 2.24) is 20.2 Å². The van der Waals surface area contributed by atoms with E-state index in [1.165, 1.54) is 0 Å². The first-order valence-electron chi connectivity index (χ1n) is 8.88. The molecule has 1 amide bonds. The lowest BCUT2D eigenvalue weighted by molar-refractivity contribution is 0.0383. The first kappa shape index (κ1) is 18.3. The van der Waals surface area contributed by atoms with Crippen LogP contribution in [-0.2, 0) is 4.74 Å². The minimum Gasteiger partial charge on any atom is -0.379 e. The minimum atomic E-state index is -0.0803. The minimum absolute atomic E-state index is 0.0803. The van der Waals surface area contributed by atoms with Gasteiger partial charge >= 0.3 is 0 Å². The van der Waals surface area contributed by atoms with Crippen molar-refractivity contribution in [3.05, 3.63) is 47.3 Å². The van der Waals surface area contributed by atoms with Crippen LogP contribution in [0, 0.1) is 13.8 Å². The van der Waals surface area contributed by atoms with E-state index in [9.17, 15) is 4.79 Å². The van der Waals surface area contributed by atoms with Crippen molar-refractivity contribution < 1.29 is 9.53 Å². The molecule has 138 valence electrons. The highest BCUT2D eigenvalue weighted by atomic mass is 16.5. The van der Waals surface area contributed by atoms with Crippen LogP contribution in [0.15, 0.2) is 30.3 Å². The van der Waals surface area contributed by atoms with Crippen molar-refractivity contribution in [3.8, 4) is 0 Å². The van der Waals surface area contributed by atoms with E-state index in [0.29, 0.717) is 18.1 Å². The molecule has 1 aromatic heterocycles. The summed E-state index contributed by atoms with van der Waals surface area (Å²) >= 11 is 0. The number of carbonyl (C=O) groups excluding carboxylic acids is 1. The molecule has 0 bridgehead atoms. The first-order chi connectivity index (χ1) is 12.6. The molecule has 0 atom stereocenters. The Morgan fingerprint density at radius 1 is 1.15 bits per heavy atom. The fourth-order valence-corrected chi connectivity index (χ4v) is 2.90. The Morgan fingerprint density at radius 3 is 2.62 bits per heavy atom. The fraction of sp³-hybridized carbons (Fsp3) is 0.421. The average Bonchev–Trinajstić information content (AvgIpc) is 2.62. The molecular formula is C19H25N5O2. The summed E-state index contributed by atoms with van der Waals surface area (Å²) in [5, 5.41) is 6.14. The molecule has 1 saturated heterocycles. The molecule has 2 heterocycles. The van der Waals surface area contributed by atoms with Gasteiger partial charge in [0.15, 0.2) is 0 Å². The zero-order valence-electron chi connectivity index (χ0n) is 15.3. The summed E-state index contributed by atoms with van der Waals surface area (Å²) in [6.07, 6.45) is 0. The highest BCUT2D eigenvalue weighted by Crippen LogP contribution is 2.15. The van der Waals surface area contributed by atoms with Gasteiger partial charge in [0.05, 0.1) is 13.2 Å². The van der Waals surface area contributed by atoms with Crippen molar-refractivity contribution in [2.75, 3.05) is 44.7 Å². The van der Waals surface area contributed by atoms with Crippen LogP contribution < -0.4 is 10.6 Å². The number of rotatable bonds is 6. The lowest BCUT2D eigenvalue weighted by Gasteiger charge is -2.26. The summed E-state index contributed by atoms with van der Waals surface area (Å²) in [5.74, 6) is 0.454. The number of nitrogens with zero attached hydrogens (tertiary/aromatic N) is 3. The maximum atomic E-state index is 12.4. The summed E-state index contributed by atoms with van der Waals surface area (Å²) in [5.41, 5.74) is 3.20. The van der Waals surface area contributed by atoms with Crippen LogP contribution in [0.25, 0.3) is 0 Å². The number of nitrogens with one attached hydrogen (secondary N) is 2. The van der Waals surface area contributed by atoms with Gasteiger partial charge in [-0.3, -0.25) is 9.69 Å². The maximum absolute atomic E-state index is 12.4. The molecule has 1 aromatic carbocycles. The van der Waals surface area contributed by atoms with Crippen LogP contribution in [0.1, 0.15) is 21.7 Å². The lowest BCUT2D eigenvalue weighted by Crippen LogP contribution is -2.41. The second-order valence-corrected chi connectivity index (χ2v) is 6.39. The Bertz CT molecular complexity index is 739. The number of carbonyl (C=O) groups is 1. The monoisotopic (exact) mass is 355 g/mol. The van der Waals surface area contributed by atoms with Gasteiger partial charge < -0.3 is 15.4 Å². The van der Waals surface area contributed by atoms with E-state index in [2.05, 4.69) is 25.5 Å². The highest BCUT2D eigenvalue weighted by molar-refractivity contribution is 5.95. The summed E-state index contributed by atoms with van der Waals surface area (Å²) in [7, 11) is 0. The van der Waals surface area contributed by atoms with E-state index in [1.54, 1.807) is 6.07 Å². The molecule has 1 aliphatic rings. The van der Waals surface area contributed by atoms with Crippen LogP contribution in [-0.4, -0.2) is 60.2 Å². The highest BCUT2D eigenvalue weighted by Gasteiger charge is 2.11. The molecule has 1 fully saturated rings. The number of benzene rings is 1. The van der Waals surface area contributed by atoms with Crippen molar-refractivity contribution in [2.24, 2.45) is 0 Å². The van der Waals surface area contributed by atoms with E-state index < -0.39 is 0 Å². The third-order valence-electron chi connectivity index (χ3n) is 4.18. The molecule has 0 saturated carbocycles. The normalized spacial score (nSPS) is 14.8. The number of hydrogen-bond donors (Lipinski definition) is 2. The van der Waals surface area contributed by atoms with Crippen LogP contribution in [0.3, 0.4) is 0 Å². The van der Waals surface area contributed by atoms with E-state index in [0.717, 1.165) is 49.9 Å². The van der Waals surface area contributed by atoms with Crippen LogP contribution in [0.4, 0.5) is 11.6 Å². The Morgan fingerprint density at radius 2 is 1.88 bits per heavy atom. The largest absolute Gasteiger partial charge is 0.379 e. The van der Waals surface area contributed by atoms with Gasteiger partial charge in [0.1, 0.15) is 0 Å². The number of morpholine rings is 1. The Labute approximate surface area is 153 Å². The van der Waals surface area contributed by atoms with Crippen LogP contribution >= 0.6 is 0 Å². The van der Waals surface area contributed by atoms with Crippen molar-refractivity contribution in [1.29, 1.82) is 0 Å². The molecule has 0 aliphatic carbocycles. The number of amides is 1. The molecule has 0 spiro atoms. The Balaban J connectivity index is 1.56. The first-order valence-corrected chi connectivity index (χ1v) is 8.88. The second kappa shape index (κ2) is 8.73. The molecule has 7 heteroatoms. The molecule has 0 unspecified atom stereocenters. The number of anilines is 2. The quantitative estimate of drug-likeness (QED) is 0.824. The van der Waals surface area contributed by atoms with E-state index in [4.69, 9.17) is 4.74 Å². The van der Waals surface area contributed by atoms with Crippen molar-refractivity contribution >= 4 is 17.5 Å². The third kappa shape index (κ3) is 5.24. The summed E-state index contributed by atoms with van der Waals surface area (Å²) < 4.78 is 5.33. The van der Waals surface area contributed by atoms with Gasteiger partial charge in [-0.05, 0) is 38.1 Å². The number of aryl methyl sites for hydroxylation is 2. The second-order valence-electron chi connectivity index (χ2n) is 6.39. The van der Waals surface area contributed by atoms with Gasteiger partial charge in [-0.2, -0.15) is 0 Å². The predicted molar refractivity (Wildman–Crippen MR) is 101 cm³/mol. The predicted octanol–water partition coefficient (Wildman–Crippen LogP) is 1.90. The Kier molecular flexibility index (Phi) is 6.14. The number of hydrogen-bond acceptors (Lipinski definition) is 6. The van der Waals surface area contributed by atoms with Crippen molar-refractivity contribution in [2.45, 2.75) is 13.8 Å². The number of ether oxygens (including phenoxy) is 1. The van der Waals surface area contributed by atoms with Gasteiger partial charge in [-0.1, -0.05) is 6.07 Å². The molecule has 7 nitrogen and oxygen atoms in total. The van der Waals surface area contributed by atoms with Crippen molar-refractivity contribution in [3.63, 3.8) is 0 Å². The average molecular weight is 355 g/mol. The van der Waals surface area contributed by atoms with Gasteiger partial charge in [0, 0.05) is 48.8 Å². The molecule has 26 heavy (non-hydrogen) atoms. The van der Waals surface area contributed by atoms with Gasteiger partial charge in [-0.15, -0.1) is 0 Å². The smallest absolute Gasteiger partial charge is 0.251 e. The molecule has 0 radical (unpaired) electrons. The lowest BCUT2D eigenvalue weighted by atomic mass is 10.2. The topological polar surface area (TPSA) is 79.4 Å². The van der Waals surface area contributed by atoms with Crippen LogP contribution in [0.5, 0.6) is 0 Å². The van der Waals surface area contributed by atoms with Crippen LogP contribution in [0.2, 0.25) is 0 Å². The Hall–Kier alpha value is -2.51. The van der Waals surface area contributed by atoms with E-state index >= 15 is 0 Å². The molecule has 2 N–H and O–H groups in total. The SMILES string of the molecule is Cc1cc(C)nc(Nc2cccc(C(=O)NCCN3CCOCC3)c2)n1. The summed E-state index contributed by atoms with van der Waals surface area (Å²) in [6.45, 7) is 8.69. The zero-order chi connectivity index (χ0) is 18.4.